The summed E-state index contributed by atoms with van der Waals surface area (Å²) in [7, 11) is -3.77. The highest BCUT2D eigenvalue weighted by Gasteiger charge is 2.14. The number of hydrogen-bond acceptors (Lipinski definition) is 6. The summed E-state index contributed by atoms with van der Waals surface area (Å²) in [4.78, 5) is 10.3. The monoisotopic (exact) mass is 303 g/mol. The molecule has 0 saturated carbocycles. The smallest absolute Gasteiger partial charge is 0.404 e. The molecular weight excluding hydrogens is 286 g/mol. The van der Waals surface area contributed by atoms with Crippen LogP contribution in [0.2, 0.25) is 0 Å². The number of primary amides is 1. The van der Waals surface area contributed by atoms with Gasteiger partial charge in [-0.3, -0.25) is 4.18 Å². The van der Waals surface area contributed by atoms with Gasteiger partial charge in [0.15, 0.2) is 0 Å². The first-order chi connectivity index (χ1) is 9.42. The third-order valence-electron chi connectivity index (χ3n) is 2.25. The van der Waals surface area contributed by atoms with E-state index in [9.17, 15) is 13.2 Å². The van der Waals surface area contributed by atoms with E-state index in [-0.39, 0.29) is 31.3 Å². The van der Waals surface area contributed by atoms with E-state index >= 15 is 0 Å². The van der Waals surface area contributed by atoms with Gasteiger partial charge in [-0.25, -0.2) is 4.79 Å². The number of ether oxygens (including phenoxy) is 2. The Kier molecular flexibility index (Phi) is 6.43. The summed E-state index contributed by atoms with van der Waals surface area (Å²) in [5.41, 5.74) is 5.70. The molecule has 0 heterocycles. The zero-order valence-corrected chi connectivity index (χ0v) is 11.9. The fraction of sp³-hybridized carbons (Fsp3) is 0.417. The predicted octanol–water partition coefficient (Wildman–Crippen LogP) is 0.812. The maximum absolute atomic E-state index is 11.8. The van der Waals surface area contributed by atoms with Gasteiger partial charge in [-0.1, -0.05) is 17.7 Å². The van der Waals surface area contributed by atoms with Crippen LogP contribution in [0.1, 0.15) is 5.56 Å². The number of amides is 1. The second-order valence-corrected chi connectivity index (χ2v) is 5.48. The molecule has 1 aromatic rings. The standard InChI is InChI=1S/C12H17NO6S/c1-10-2-4-11(5-3-10)20(15,16)19-9-7-17-6-8-18-12(13)14/h2-5H,6-9H2,1H3,(H2,13,14). The van der Waals surface area contributed by atoms with E-state index in [0.717, 1.165) is 5.56 Å². The summed E-state index contributed by atoms with van der Waals surface area (Å²) in [6, 6.07) is 6.33. The summed E-state index contributed by atoms with van der Waals surface area (Å²) in [5, 5.41) is 0. The molecule has 0 aliphatic rings. The Morgan fingerprint density at radius 1 is 1.10 bits per heavy atom. The van der Waals surface area contributed by atoms with Gasteiger partial charge in [0, 0.05) is 0 Å². The lowest BCUT2D eigenvalue weighted by Gasteiger charge is -2.07. The zero-order valence-electron chi connectivity index (χ0n) is 11.1. The highest BCUT2D eigenvalue weighted by atomic mass is 32.2. The number of hydrogen-bond donors (Lipinski definition) is 1. The third kappa shape index (κ3) is 6.00. The SMILES string of the molecule is Cc1ccc(S(=O)(=O)OCCOCCOC(N)=O)cc1. The first-order valence-corrected chi connectivity index (χ1v) is 7.29. The first kappa shape index (κ1) is 16.4. The molecule has 112 valence electrons. The molecule has 1 rings (SSSR count). The molecule has 0 aromatic heterocycles. The molecule has 1 amide bonds. The summed E-state index contributed by atoms with van der Waals surface area (Å²) >= 11 is 0. The topological polar surface area (TPSA) is 105 Å². The zero-order chi connectivity index (χ0) is 15.0. The summed E-state index contributed by atoms with van der Waals surface area (Å²) in [6.07, 6.45) is -0.883. The van der Waals surface area contributed by atoms with E-state index < -0.39 is 16.2 Å². The van der Waals surface area contributed by atoms with Crippen LogP contribution in [0.5, 0.6) is 0 Å². The first-order valence-electron chi connectivity index (χ1n) is 5.88. The fourth-order valence-electron chi connectivity index (χ4n) is 1.28. The van der Waals surface area contributed by atoms with Crippen molar-refractivity contribution in [3.05, 3.63) is 29.8 Å². The maximum Gasteiger partial charge on any atom is 0.404 e. The number of nitrogens with two attached hydrogens (primary N) is 1. The molecule has 1 aromatic carbocycles. The Bertz CT molecular complexity index is 525. The number of rotatable bonds is 8. The van der Waals surface area contributed by atoms with Crippen LogP contribution in [-0.4, -0.2) is 40.9 Å². The van der Waals surface area contributed by atoms with E-state index in [4.69, 9.17) is 14.7 Å². The highest BCUT2D eigenvalue weighted by molar-refractivity contribution is 7.86. The van der Waals surface area contributed by atoms with Crippen LogP contribution in [0.4, 0.5) is 4.79 Å². The fourth-order valence-corrected chi connectivity index (χ4v) is 2.17. The van der Waals surface area contributed by atoms with Crippen molar-refractivity contribution < 1.29 is 26.9 Å². The van der Waals surface area contributed by atoms with Crippen molar-refractivity contribution in [3.63, 3.8) is 0 Å². The van der Waals surface area contributed by atoms with E-state index in [0.29, 0.717) is 0 Å². The Labute approximate surface area is 117 Å². The molecule has 8 heteroatoms. The average molecular weight is 303 g/mol. The third-order valence-corrected chi connectivity index (χ3v) is 3.57. The molecule has 0 radical (unpaired) electrons. The molecule has 0 spiro atoms. The largest absolute Gasteiger partial charge is 0.447 e. The molecule has 0 unspecified atom stereocenters. The average Bonchev–Trinajstić information content (AvgIpc) is 2.37. The second kappa shape index (κ2) is 7.83. The van der Waals surface area contributed by atoms with E-state index in [2.05, 4.69) is 4.74 Å². The molecule has 20 heavy (non-hydrogen) atoms. The number of carbonyl (C=O) groups excluding carboxylic acids is 1. The van der Waals surface area contributed by atoms with Gasteiger partial charge in [-0.2, -0.15) is 8.42 Å². The molecular formula is C12H17NO6S. The maximum atomic E-state index is 11.8. The molecule has 0 fully saturated rings. The van der Waals surface area contributed by atoms with Crippen molar-refractivity contribution in [2.24, 2.45) is 5.73 Å². The van der Waals surface area contributed by atoms with Crippen LogP contribution in [0.15, 0.2) is 29.2 Å². The summed E-state index contributed by atoms with van der Waals surface area (Å²) < 4.78 is 37.8. The lowest BCUT2D eigenvalue weighted by molar-refractivity contribution is 0.0616. The number of benzene rings is 1. The van der Waals surface area contributed by atoms with Gasteiger partial charge in [0.05, 0.1) is 24.7 Å². The summed E-state index contributed by atoms with van der Waals surface area (Å²) in [6.45, 7) is 1.94. The van der Waals surface area contributed by atoms with Gasteiger partial charge >= 0.3 is 6.09 Å². The van der Waals surface area contributed by atoms with Crippen molar-refractivity contribution in [1.82, 2.24) is 0 Å². The normalized spacial score (nSPS) is 11.2. The molecule has 0 saturated heterocycles. The Morgan fingerprint density at radius 2 is 1.70 bits per heavy atom. The Balaban J connectivity index is 2.27. The number of carbonyl (C=O) groups is 1. The minimum absolute atomic E-state index is 0.0139. The molecule has 0 bridgehead atoms. The van der Waals surface area contributed by atoms with Crippen molar-refractivity contribution in [2.75, 3.05) is 26.4 Å². The predicted molar refractivity (Wildman–Crippen MR) is 70.7 cm³/mol. The van der Waals surface area contributed by atoms with E-state index in [1.165, 1.54) is 12.1 Å². The van der Waals surface area contributed by atoms with Gasteiger partial charge in [-0.15, -0.1) is 0 Å². The van der Waals surface area contributed by atoms with E-state index in [1.807, 2.05) is 6.92 Å². The van der Waals surface area contributed by atoms with Crippen molar-refractivity contribution in [3.8, 4) is 0 Å². The minimum Gasteiger partial charge on any atom is -0.447 e. The molecule has 0 aliphatic heterocycles. The van der Waals surface area contributed by atoms with Crippen LogP contribution in [0.25, 0.3) is 0 Å². The van der Waals surface area contributed by atoms with E-state index in [1.54, 1.807) is 12.1 Å². The summed E-state index contributed by atoms with van der Waals surface area (Å²) in [5.74, 6) is 0. The Hall–Kier alpha value is -1.64. The second-order valence-electron chi connectivity index (χ2n) is 3.87. The molecule has 2 N–H and O–H groups in total. The number of aryl methyl sites for hydroxylation is 1. The minimum atomic E-state index is -3.77. The molecule has 0 atom stereocenters. The lowest BCUT2D eigenvalue weighted by Crippen LogP contribution is -2.18. The van der Waals surface area contributed by atoms with Crippen LogP contribution in [-0.2, 0) is 23.8 Å². The van der Waals surface area contributed by atoms with Crippen LogP contribution in [0, 0.1) is 6.92 Å². The van der Waals surface area contributed by atoms with Crippen molar-refractivity contribution >= 4 is 16.2 Å². The Morgan fingerprint density at radius 3 is 2.30 bits per heavy atom. The van der Waals surface area contributed by atoms with Gasteiger partial charge in [-0.05, 0) is 19.1 Å². The van der Waals surface area contributed by atoms with Crippen LogP contribution < -0.4 is 5.73 Å². The lowest BCUT2D eigenvalue weighted by atomic mass is 10.2. The van der Waals surface area contributed by atoms with Crippen LogP contribution >= 0.6 is 0 Å². The van der Waals surface area contributed by atoms with Crippen LogP contribution in [0.3, 0.4) is 0 Å². The molecule has 0 aliphatic carbocycles. The van der Waals surface area contributed by atoms with Gasteiger partial charge in [0.25, 0.3) is 10.1 Å². The molecule has 7 nitrogen and oxygen atoms in total. The van der Waals surface area contributed by atoms with Gasteiger partial charge < -0.3 is 15.2 Å². The highest BCUT2D eigenvalue weighted by Crippen LogP contribution is 2.12. The van der Waals surface area contributed by atoms with Gasteiger partial charge in [0.1, 0.15) is 6.61 Å². The van der Waals surface area contributed by atoms with Crippen molar-refractivity contribution in [2.45, 2.75) is 11.8 Å². The van der Waals surface area contributed by atoms with Crippen molar-refractivity contribution in [1.29, 1.82) is 0 Å². The van der Waals surface area contributed by atoms with Gasteiger partial charge in [0.2, 0.25) is 0 Å². The quantitative estimate of drug-likeness (QED) is 0.563.